The highest BCUT2D eigenvalue weighted by molar-refractivity contribution is 7.99. The van der Waals surface area contributed by atoms with Crippen LogP contribution in [0.25, 0.3) is 17.1 Å². The molecule has 0 unspecified atom stereocenters. The second-order valence-corrected chi connectivity index (χ2v) is 10.7. The van der Waals surface area contributed by atoms with Gasteiger partial charge in [-0.1, -0.05) is 30.0 Å². The molecule has 1 amide bonds. The van der Waals surface area contributed by atoms with Gasteiger partial charge in [-0.05, 0) is 68.9 Å². The van der Waals surface area contributed by atoms with Crippen LogP contribution in [0.15, 0.2) is 53.9 Å². The normalized spacial score (nSPS) is 12.7. The van der Waals surface area contributed by atoms with Crippen LogP contribution in [-0.4, -0.2) is 44.0 Å². The largest absolute Gasteiger partial charge is 0.462 e. The lowest BCUT2D eigenvalue weighted by Crippen LogP contribution is -2.17. The molecule has 0 spiro atoms. The van der Waals surface area contributed by atoms with Crippen molar-refractivity contribution in [2.24, 2.45) is 0 Å². The molecule has 3 aromatic heterocycles. The summed E-state index contributed by atoms with van der Waals surface area (Å²) in [4.78, 5) is 31.1. The second kappa shape index (κ2) is 11.3. The van der Waals surface area contributed by atoms with Crippen molar-refractivity contribution in [3.05, 3.63) is 70.4 Å². The predicted octanol–water partition coefficient (Wildman–Crippen LogP) is 5.49. The maximum Gasteiger partial charge on any atom is 0.341 e. The summed E-state index contributed by atoms with van der Waals surface area (Å²) in [6, 6.07) is 11.8. The fourth-order valence-electron chi connectivity index (χ4n) is 4.45. The van der Waals surface area contributed by atoms with Crippen LogP contribution in [0.2, 0.25) is 0 Å². The molecule has 4 aromatic rings. The third kappa shape index (κ3) is 5.30. The zero-order valence-corrected chi connectivity index (χ0v) is 22.3. The summed E-state index contributed by atoms with van der Waals surface area (Å²) >= 11 is 2.79. The number of hydrogen-bond acceptors (Lipinski definition) is 8. The van der Waals surface area contributed by atoms with Crippen LogP contribution in [0.4, 0.5) is 5.00 Å². The highest BCUT2D eigenvalue weighted by atomic mass is 32.2. The number of amides is 1. The molecule has 0 aliphatic heterocycles. The number of aromatic nitrogens is 4. The van der Waals surface area contributed by atoms with E-state index in [1.807, 2.05) is 47.9 Å². The average Bonchev–Trinajstić information content (AvgIpc) is 3.49. The van der Waals surface area contributed by atoms with E-state index in [1.54, 1.807) is 19.3 Å². The van der Waals surface area contributed by atoms with E-state index in [2.05, 4.69) is 20.5 Å². The zero-order chi connectivity index (χ0) is 25.8. The van der Waals surface area contributed by atoms with Gasteiger partial charge < -0.3 is 10.1 Å². The molecular formula is C27H27N5O3S2. The average molecular weight is 534 g/mol. The molecule has 1 aliphatic carbocycles. The number of nitrogens with one attached hydrogen (secondary N) is 1. The first-order chi connectivity index (χ1) is 18.1. The number of anilines is 1. The van der Waals surface area contributed by atoms with Crippen LogP contribution in [0, 0.1) is 6.92 Å². The van der Waals surface area contributed by atoms with Crippen molar-refractivity contribution in [3.63, 3.8) is 0 Å². The third-order valence-corrected chi connectivity index (χ3v) is 8.30. The van der Waals surface area contributed by atoms with Gasteiger partial charge in [-0.15, -0.1) is 21.5 Å². The van der Waals surface area contributed by atoms with Crippen molar-refractivity contribution in [2.75, 3.05) is 17.7 Å². The number of aryl methyl sites for hydroxylation is 2. The number of thiophene rings is 1. The minimum absolute atomic E-state index is 0.116. The number of rotatable bonds is 8. The van der Waals surface area contributed by atoms with Gasteiger partial charge in [0.05, 0.1) is 23.6 Å². The van der Waals surface area contributed by atoms with Crippen LogP contribution >= 0.6 is 23.1 Å². The lowest BCUT2D eigenvalue weighted by atomic mass is 9.95. The molecule has 1 aromatic carbocycles. The molecule has 0 bridgehead atoms. The van der Waals surface area contributed by atoms with Crippen molar-refractivity contribution < 1.29 is 14.3 Å². The Hall–Kier alpha value is -3.50. The molecule has 0 saturated carbocycles. The fraction of sp³-hybridized carbons (Fsp3) is 0.296. The summed E-state index contributed by atoms with van der Waals surface area (Å²) in [6.45, 7) is 4.11. The van der Waals surface area contributed by atoms with E-state index in [-0.39, 0.29) is 17.6 Å². The number of ether oxygens (including phenoxy) is 1. The summed E-state index contributed by atoms with van der Waals surface area (Å²) in [6.07, 6.45) is 7.32. The van der Waals surface area contributed by atoms with E-state index in [0.717, 1.165) is 48.1 Å². The fourth-order valence-corrected chi connectivity index (χ4v) is 6.49. The SMILES string of the molecule is CCOC(=O)c1c(NC(=O)CSc2nnc(-c3ccncc3)n2-c2ccccc2C)sc2c1CCCC2. The molecule has 8 nitrogen and oxygen atoms in total. The molecular weight excluding hydrogens is 506 g/mol. The minimum atomic E-state index is -0.369. The Balaban J connectivity index is 1.40. The number of nitrogens with zero attached hydrogens (tertiary/aromatic N) is 4. The Morgan fingerprint density at radius 2 is 1.89 bits per heavy atom. The quantitative estimate of drug-likeness (QED) is 0.236. The number of esters is 1. The molecule has 0 fully saturated rings. The number of benzene rings is 1. The van der Waals surface area contributed by atoms with Crippen LogP contribution in [0.3, 0.4) is 0 Å². The molecule has 1 aliphatic rings. The Labute approximate surface area is 223 Å². The van der Waals surface area contributed by atoms with Crippen molar-refractivity contribution >= 4 is 40.0 Å². The van der Waals surface area contributed by atoms with Gasteiger partial charge in [-0.2, -0.15) is 0 Å². The maximum absolute atomic E-state index is 13.1. The topological polar surface area (TPSA) is 99.0 Å². The standard InChI is InChI=1S/C27H27N5O3S2/c1-3-35-26(34)23-19-9-5-7-11-21(19)37-25(23)29-22(33)16-36-27-31-30-24(18-12-14-28-15-13-18)32(27)20-10-6-4-8-17(20)2/h4,6,8,10,12-15H,3,5,7,9,11,16H2,1-2H3,(H,29,33). The molecule has 0 radical (unpaired) electrons. The van der Waals surface area contributed by atoms with Crippen molar-refractivity contribution in [2.45, 2.75) is 44.7 Å². The first-order valence-corrected chi connectivity index (χ1v) is 14.0. The Morgan fingerprint density at radius 1 is 1.11 bits per heavy atom. The number of pyridine rings is 1. The summed E-state index contributed by atoms with van der Waals surface area (Å²) in [5, 5.41) is 13.0. The van der Waals surface area contributed by atoms with Crippen LogP contribution in [0.1, 0.15) is 46.1 Å². The summed E-state index contributed by atoms with van der Waals surface area (Å²) in [5.41, 5.74) is 4.43. The van der Waals surface area contributed by atoms with Gasteiger partial charge in [0, 0.05) is 22.8 Å². The first kappa shape index (κ1) is 25.2. The summed E-state index contributed by atoms with van der Waals surface area (Å²) in [7, 11) is 0. The molecule has 10 heteroatoms. The van der Waals surface area contributed by atoms with Crippen LogP contribution < -0.4 is 5.32 Å². The number of carbonyl (C=O) groups excluding carboxylic acids is 2. The maximum atomic E-state index is 13.1. The minimum Gasteiger partial charge on any atom is -0.462 e. The van der Waals surface area contributed by atoms with E-state index < -0.39 is 0 Å². The number of hydrogen-bond donors (Lipinski definition) is 1. The van der Waals surface area contributed by atoms with E-state index in [0.29, 0.717) is 28.2 Å². The van der Waals surface area contributed by atoms with Gasteiger partial charge in [0.15, 0.2) is 11.0 Å². The van der Waals surface area contributed by atoms with Crippen molar-refractivity contribution in [1.82, 2.24) is 19.7 Å². The molecule has 3 heterocycles. The van der Waals surface area contributed by atoms with Gasteiger partial charge >= 0.3 is 5.97 Å². The van der Waals surface area contributed by atoms with Gasteiger partial charge in [0.1, 0.15) is 5.00 Å². The van der Waals surface area contributed by atoms with Crippen LogP contribution in [-0.2, 0) is 22.4 Å². The molecule has 0 saturated heterocycles. The van der Waals surface area contributed by atoms with E-state index in [9.17, 15) is 9.59 Å². The van der Waals surface area contributed by atoms with Gasteiger partial charge in [-0.3, -0.25) is 14.3 Å². The van der Waals surface area contributed by atoms with E-state index >= 15 is 0 Å². The highest BCUT2D eigenvalue weighted by Crippen LogP contribution is 2.39. The van der Waals surface area contributed by atoms with Gasteiger partial charge in [0.25, 0.3) is 0 Å². The van der Waals surface area contributed by atoms with Gasteiger partial charge in [0.2, 0.25) is 5.91 Å². The Kier molecular flexibility index (Phi) is 7.66. The number of carbonyl (C=O) groups is 2. The first-order valence-electron chi connectivity index (χ1n) is 12.2. The van der Waals surface area contributed by atoms with Crippen molar-refractivity contribution in [1.29, 1.82) is 0 Å². The lowest BCUT2D eigenvalue weighted by molar-refractivity contribution is -0.113. The molecule has 0 atom stereocenters. The zero-order valence-electron chi connectivity index (χ0n) is 20.7. The number of para-hydroxylation sites is 1. The van der Waals surface area contributed by atoms with Crippen LogP contribution in [0.5, 0.6) is 0 Å². The molecule has 37 heavy (non-hydrogen) atoms. The second-order valence-electron chi connectivity index (χ2n) is 8.64. The molecule has 5 rings (SSSR count). The smallest absolute Gasteiger partial charge is 0.341 e. The monoisotopic (exact) mass is 533 g/mol. The Morgan fingerprint density at radius 3 is 2.68 bits per heavy atom. The van der Waals surface area contributed by atoms with Crippen molar-refractivity contribution in [3.8, 4) is 17.1 Å². The van der Waals surface area contributed by atoms with E-state index in [4.69, 9.17) is 4.74 Å². The van der Waals surface area contributed by atoms with Gasteiger partial charge in [-0.25, -0.2) is 4.79 Å². The highest BCUT2D eigenvalue weighted by Gasteiger charge is 2.27. The summed E-state index contributed by atoms with van der Waals surface area (Å²) in [5.74, 6) is 0.214. The molecule has 190 valence electrons. The molecule has 1 N–H and O–H groups in total. The van der Waals surface area contributed by atoms with E-state index in [1.165, 1.54) is 28.0 Å². The third-order valence-electron chi connectivity index (χ3n) is 6.16. The lowest BCUT2D eigenvalue weighted by Gasteiger charge is -2.13. The summed E-state index contributed by atoms with van der Waals surface area (Å²) < 4.78 is 7.28. The Bertz CT molecular complexity index is 1430. The number of fused-ring (bicyclic) bond motifs is 1. The number of thioether (sulfide) groups is 1. The predicted molar refractivity (Wildman–Crippen MR) is 146 cm³/mol.